The summed E-state index contributed by atoms with van der Waals surface area (Å²) < 4.78 is 1.66. The van der Waals surface area contributed by atoms with Crippen LogP contribution in [0.2, 0.25) is 0 Å². The minimum absolute atomic E-state index is 0.350. The lowest BCUT2D eigenvalue weighted by molar-refractivity contribution is 0.754. The minimum atomic E-state index is 0.350. The Balaban J connectivity index is 2.52. The Hall–Kier alpha value is -1.91. The molecule has 0 spiro atoms. The van der Waals surface area contributed by atoms with Crippen LogP contribution in [-0.2, 0) is 0 Å². The summed E-state index contributed by atoms with van der Waals surface area (Å²) in [7, 11) is 0. The van der Waals surface area contributed by atoms with Gasteiger partial charge in [-0.1, -0.05) is 13.8 Å². The van der Waals surface area contributed by atoms with Crippen LogP contribution in [0.15, 0.2) is 12.1 Å². The van der Waals surface area contributed by atoms with Gasteiger partial charge in [0.25, 0.3) is 0 Å². The van der Waals surface area contributed by atoms with Crippen molar-refractivity contribution in [3.63, 3.8) is 0 Å². The van der Waals surface area contributed by atoms with Crippen LogP contribution in [0.1, 0.15) is 37.0 Å². The fraction of sp³-hybridized carbons (Fsp3) is 0.417. The molecule has 0 aliphatic rings. The maximum absolute atomic E-state index is 5.95. The van der Waals surface area contributed by atoms with Gasteiger partial charge in [-0.15, -0.1) is 0 Å². The van der Waals surface area contributed by atoms with Gasteiger partial charge in [-0.05, 0) is 19.8 Å². The Kier molecular flexibility index (Phi) is 2.83. The van der Waals surface area contributed by atoms with Crippen molar-refractivity contribution in [2.75, 3.05) is 5.73 Å². The summed E-state index contributed by atoms with van der Waals surface area (Å²) in [6, 6.07) is 3.76. The number of nitrogens with zero attached hydrogens (tertiary/aromatic N) is 4. The molecule has 2 heterocycles. The molecule has 2 aromatic heterocycles. The topological polar surface area (TPSA) is 69.6 Å². The Labute approximate surface area is 101 Å². The van der Waals surface area contributed by atoms with Crippen molar-refractivity contribution < 1.29 is 0 Å². The zero-order valence-corrected chi connectivity index (χ0v) is 10.6. The van der Waals surface area contributed by atoms with Crippen molar-refractivity contribution in [3.8, 4) is 5.82 Å². The zero-order chi connectivity index (χ0) is 12.6. The number of rotatable bonds is 2. The minimum Gasteiger partial charge on any atom is -0.384 e. The van der Waals surface area contributed by atoms with Gasteiger partial charge in [0.1, 0.15) is 11.6 Å². The second kappa shape index (κ2) is 4.16. The van der Waals surface area contributed by atoms with Crippen LogP contribution in [0.5, 0.6) is 0 Å². The molecule has 0 radical (unpaired) electrons. The van der Waals surface area contributed by atoms with Crippen LogP contribution in [0, 0.1) is 13.8 Å². The second-order valence-corrected chi connectivity index (χ2v) is 4.48. The van der Waals surface area contributed by atoms with E-state index in [1.807, 2.05) is 26.0 Å². The zero-order valence-electron chi connectivity index (χ0n) is 10.6. The summed E-state index contributed by atoms with van der Waals surface area (Å²) in [5, 5.41) is 4.46. The quantitative estimate of drug-likeness (QED) is 0.858. The highest BCUT2D eigenvalue weighted by Gasteiger charge is 2.11. The molecular weight excluding hydrogens is 214 g/mol. The molecule has 2 rings (SSSR count). The van der Waals surface area contributed by atoms with Crippen LogP contribution in [0.25, 0.3) is 5.82 Å². The first-order valence-electron chi connectivity index (χ1n) is 5.65. The van der Waals surface area contributed by atoms with Gasteiger partial charge in [0.05, 0.1) is 5.69 Å². The predicted molar refractivity (Wildman–Crippen MR) is 67.1 cm³/mol. The first-order chi connectivity index (χ1) is 7.97. The molecule has 0 aromatic carbocycles. The molecular formula is C12H17N5. The van der Waals surface area contributed by atoms with Crippen molar-refractivity contribution in [3.05, 3.63) is 29.3 Å². The van der Waals surface area contributed by atoms with E-state index in [4.69, 9.17) is 5.73 Å². The molecule has 0 amide bonds. The molecule has 0 saturated heterocycles. The Bertz CT molecular complexity index is 522. The fourth-order valence-corrected chi connectivity index (χ4v) is 1.69. The van der Waals surface area contributed by atoms with E-state index in [0.29, 0.717) is 11.7 Å². The monoisotopic (exact) mass is 231 g/mol. The van der Waals surface area contributed by atoms with E-state index in [1.165, 1.54) is 0 Å². The van der Waals surface area contributed by atoms with Crippen LogP contribution >= 0.6 is 0 Å². The largest absolute Gasteiger partial charge is 0.384 e. The van der Waals surface area contributed by atoms with Crippen LogP contribution in [0.4, 0.5) is 5.82 Å². The maximum Gasteiger partial charge on any atom is 0.159 e. The standard InChI is InChI=1S/C12H17N5/c1-7(2)10-6-11(13)17(16-10)12-5-8(3)14-9(4)15-12/h5-7H,13H2,1-4H3. The van der Waals surface area contributed by atoms with Crippen molar-refractivity contribution >= 4 is 5.82 Å². The molecule has 90 valence electrons. The molecule has 0 aliphatic heterocycles. The molecule has 0 atom stereocenters. The molecule has 0 unspecified atom stereocenters. The van der Waals surface area contributed by atoms with E-state index in [-0.39, 0.29) is 0 Å². The molecule has 0 saturated carbocycles. The normalized spacial score (nSPS) is 11.1. The van der Waals surface area contributed by atoms with Crippen molar-refractivity contribution in [2.45, 2.75) is 33.6 Å². The van der Waals surface area contributed by atoms with E-state index in [1.54, 1.807) is 4.68 Å². The van der Waals surface area contributed by atoms with E-state index >= 15 is 0 Å². The number of nitrogens with two attached hydrogens (primary N) is 1. The van der Waals surface area contributed by atoms with Gasteiger partial charge < -0.3 is 5.73 Å². The van der Waals surface area contributed by atoms with E-state index in [0.717, 1.165) is 23.0 Å². The van der Waals surface area contributed by atoms with E-state index < -0.39 is 0 Å². The summed E-state index contributed by atoms with van der Waals surface area (Å²) in [5.74, 6) is 2.40. The third-order valence-corrected chi connectivity index (χ3v) is 2.52. The highest BCUT2D eigenvalue weighted by molar-refractivity contribution is 5.40. The van der Waals surface area contributed by atoms with E-state index in [2.05, 4.69) is 28.9 Å². The second-order valence-electron chi connectivity index (χ2n) is 4.48. The van der Waals surface area contributed by atoms with Crippen LogP contribution in [-0.4, -0.2) is 19.7 Å². The molecule has 0 bridgehead atoms. The Morgan fingerprint density at radius 2 is 1.88 bits per heavy atom. The molecule has 2 aromatic rings. The lowest BCUT2D eigenvalue weighted by Crippen LogP contribution is -2.07. The number of anilines is 1. The Morgan fingerprint density at radius 3 is 2.41 bits per heavy atom. The van der Waals surface area contributed by atoms with Crippen molar-refractivity contribution in [1.82, 2.24) is 19.7 Å². The van der Waals surface area contributed by atoms with Crippen molar-refractivity contribution in [1.29, 1.82) is 0 Å². The molecule has 2 N–H and O–H groups in total. The van der Waals surface area contributed by atoms with E-state index in [9.17, 15) is 0 Å². The number of hydrogen-bond donors (Lipinski definition) is 1. The summed E-state index contributed by atoms with van der Waals surface area (Å²) in [6.07, 6.45) is 0. The van der Waals surface area contributed by atoms with Gasteiger partial charge in [-0.2, -0.15) is 9.78 Å². The summed E-state index contributed by atoms with van der Waals surface area (Å²) in [5.41, 5.74) is 7.83. The lowest BCUT2D eigenvalue weighted by Gasteiger charge is -2.05. The van der Waals surface area contributed by atoms with Gasteiger partial charge in [-0.25, -0.2) is 9.97 Å². The van der Waals surface area contributed by atoms with Crippen molar-refractivity contribution in [2.24, 2.45) is 0 Å². The first-order valence-corrected chi connectivity index (χ1v) is 5.65. The highest BCUT2D eigenvalue weighted by atomic mass is 15.3. The Morgan fingerprint density at radius 1 is 1.18 bits per heavy atom. The molecule has 5 heteroatoms. The average molecular weight is 231 g/mol. The number of aromatic nitrogens is 4. The average Bonchev–Trinajstić information content (AvgIpc) is 2.59. The highest BCUT2D eigenvalue weighted by Crippen LogP contribution is 2.18. The summed E-state index contributed by atoms with van der Waals surface area (Å²) >= 11 is 0. The lowest BCUT2D eigenvalue weighted by atomic mass is 10.1. The summed E-state index contributed by atoms with van der Waals surface area (Å²) in [4.78, 5) is 8.59. The van der Waals surface area contributed by atoms with Gasteiger partial charge in [0.15, 0.2) is 5.82 Å². The molecule has 0 aliphatic carbocycles. The third kappa shape index (κ3) is 2.27. The fourth-order valence-electron chi connectivity index (χ4n) is 1.69. The van der Waals surface area contributed by atoms with Gasteiger partial charge in [0, 0.05) is 17.8 Å². The number of nitrogen functional groups attached to an aromatic ring is 1. The first kappa shape index (κ1) is 11.6. The molecule has 17 heavy (non-hydrogen) atoms. The molecule has 5 nitrogen and oxygen atoms in total. The predicted octanol–water partition coefficient (Wildman–Crippen LogP) is 1.98. The van der Waals surface area contributed by atoms with Gasteiger partial charge in [0.2, 0.25) is 0 Å². The van der Waals surface area contributed by atoms with Gasteiger partial charge in [-0.3, -0.25) is 0 Å². The third-order valence-electron chi connectivity index (χ3n) is 2.52. The SMILES string of the molecule is Cc1cc(-n2nc(C(C)C)cc2N)nc(C)n1. The maximum atomic E-state index is 5.95. The van der Waals surface area contributed by atoms with Crippen LogP contribution in [0.3, 0.4) is 0 Å². The van der Waals surface area contributed by atoms with Crippen LogP contribution < -0.4 is 5.73 Å². The number of aryl methyl sites for hydroxylation is 2. The smallest absolute Gasteiger partial charge is 0.159 e. The van der Waals surface area contributed by atoms with Gasteiger partial charge >= 0.3 is 0 Å². The summed E-state index contributed by atoms with van der Waals surface area (Å²) in [6.45, 7) is 7.96. The molecule has 0 fully saturated rings. The number of hydrogen-bond acceptors (Lipinski definition) is 4.